The Labute approximate surface area is 373 Å². The second-order valence-corrected chi connectivity index (χ2v) is 16.5. The smallest absolute Gasteiger partial charge is 0.0541 e. The lowest BCUT2D eigenvalue weighted by Gasteiger charge is -2.29. The van der Waals surface area contributed by atoms with Crippen LogP contribution in [0.4, 0.5) is 17.1 Å². The Kier molecular flexibility index (Phi) is 9.20. The van der Waals surface area contributed by atoms with E-state index >= 15 is 0 Å². The Morgan fingerprint density at radius 3 is 1.50 bits per heavy atom. The van der Waals surface area contributed by atoms with E-state index in [0.717, 1.165) is 45.0 Å². The topological polar surface area (TPSA) is 8.17 Å². The molecule has 0 radical (unpaired) electrons. The quantitative estimate of drug-likeness (QED) is 0.139. The molecule has 0 saturated carbocycles. The van der Waals surface area contributed by atoms with Crippen LogP contribution in [-0.2, 0) is 0 Å². The fourth-order valence-electron chi connectivity index (χ4n) is 9.75. The molecular formula is C62H42N2. The van der Waals surface area contributed by atoms with Gasteiger partial charge in [-0.1, -0.05) is 188 Å². The fourth-order valence-corrected chi connectivity index (χ4v) is 9.75. The number of anilines is 3. The van der Waals surface area contributed by atoms with Crippen LogP contribution in [0, 0.1) is 0 Å². The van der Waals surface area contributed by atoms with Gasteiger partial charge >= 0.3 is 0 Å². The van der Waals surface area contributed by atoms with Crippen LogP contribution in [0.2, 0.25) is 0 Å². The van der Waals surface area contributed by atoms with Gasteiger partial charge in [0.15, 0.2) is 0 Å². The Morgan fingerprint density at radius 1 is 0.266 bits per heavy atom. The maximum atomic E-state index is 2.43. The summed E-state index contributed by atoms with van der Waals surface area (Å²) in [5, 5.41) is 7.56. The van der Waals surface area contributed by atoms with Crippen LogP contribution < -0.4 is 4.90 Å². The molecule has 0 N–H and O–H groups in total. The second kappa shape index (κ2) is 15.8. The zero-order valence-corrected chi connectivity index (χ0v) is 35.1. The molecule has 2 heteroatoms. The minimum absolute atomic E-state index is 1.08. The Bertz CT molecular complexity index is 3610. The second-order valence-electron chi connectivity index (χ2n) is 16.5. The molecule has 300 valence electrons. The predicted octanol–water partition coefficient (Wildman–Crippen LogP) is 17.2. The molecule has 0 saturated heterocycles. The molecule has 1 aromatic heterocycles. The van der Waals surface area contributed by atoms with Gasteiger partial charge in [-0.3, -0.25) is 0 Å². The first-order chi connectivity index (χ1) is 31.7. The molecule has 12 aromatic rings. The van der Waals surface area contributed by atoms with Gasteiger partial charge in [0, 0.05) is 33.4 Å². The molecule has 0 bridgehead atoms. The van der Waals surface area contributed by atoms with Crippen LogP contribution in [0.5, 0.6) is 0 Å². The molecule has 0 aliphatic rings. The van der Waals surface area contributed by atoms with E-state index in [2.05, 4.69) is 264 Å². The van der Waals surface area contributed by atoms with Gasteiger partial charge in [0.2, 0.25) is 0 Å². The third kappa shape index (κ3) is 6.52. The minimum atomic E-state index is 1.08. The molecule has 0 fully saturated rings. The van der Waals surface area contributed by atoms with Crippen molar-refractivity contribution in [3.8, 4) is 50.2 Å². The first-order valence-electron chi connectivity index (χ1n) is 22.0. The number of para-hydroxylation sites is 2. The highest BCUT2D eigenvalue weighted by Crippen LogP contribution is 2.45. The van der Waals surface area contributed by atoms with Crippen LogP contribution in [0.3, 0.4) is 0 Å². The van der Waals surface area contributed by atoms with Crippen molar-refractivity contribution >= 4 is 60.4 Å². The Hall–Kier alpha value is -8.46. The molecule has 1 heterocycles. The molecule has 2 nitrogen and oxygen atoms in total. The van der Waals surface area contributed by atoms with Gasteiger partial charge in [-0.15, -0.1) is 0 Å². The van der Waals surface area contributed by atoms with Gasteiger partial charge in [-0.25, -0.2) is 0 Å². The van der Waals surface area contributed by atoms with E-state index in [-0.39, 0.29) is 0 Å². The monoisotopic (exact) mass is 814 g/mol. The van der Waals surface area contributed by atoms with Gasteiger partial charge in [-0.2, -0.15) is 0 Å². The number of nitrogens with zero attached hydrogens (tertiary/aromatic N) is 2. The third-order valence-electron chi connectivity index (χ3n) is 12.8. The Balaban J connectivity index is 1.03. The van der Waals surface area contributed by atoms with Gasteiger partial charge < -0.3 is 9.47 Å². The van der Waals surface area contributed by atoms with Crippen molar-refractivity contribution in [1.29, 1.82) is 0 Å². The summed E-state index contributed by atoms with van der Waals surface area (Å²) in [6.45, 7) is 0. The highest BCUT2D eigenvalue weighted by molar-refractivity contribution is 6.14. The van der Waals surface area contributed by atoms with Crippen molar-refractivity contribution in [3.05, 3.63) is 255 Å². The molecule has 0 unspecified atom stereocenters. The zero-order chi connectivity index (χ0) is 42.4. The van der Waals surface area contributed by atoms with E-state index in [1.54, 1.807) is 0 Å². The number of fused-ring (bicyclic) bond motifs is 6. The van der Waals surface area contributed by atoms with E-state index in [0.29, 0.717) is 0 Å². The summed E-state index contributed by atoms with van der Waals surface area (Å²) < 4.78 is 2.39. The van der Waals surface area contributed by atoms with Crippen LogP contribution in [0.25, 0.3) is 93.5 Å². The number of aromatic nitrogens is 1. The van der Waals surface area contributed by atoms with Gasteiger partial charge in [0.1, 0.15) is 0 Å². The summed E-state index contributed by atoms with van der Waals surface area (Å²) in [4.78, 5) is 2.43. The summed E-state index contributed by atoms with van der Waals surface area (Å²) in [6.07, 6.45) is 0. The van der Waals surface area contributed by atoms with Gasteiger partial charge in [-0.05, 0) is 127 Å². The molecule has 0 spiro atoms. The van der Waals surface area contributed by atoms with E-state index < -0.39 is 0 Å². The molecule has 64 heavy (non-hydrogen) atoms. The van der Waals surface area contributed by atoms with E-state index in [1.165, 1.54) is 65.6 Å². The summed E-state index contributed by atoms with van der Waals surface area (Å²) in [6, 6.07) is 92.8. The molecular weight excluding hydrogens is 773 g/mol. The zero-order valence-electron chi connectivity index (χ0n) is 35.1. The lowest BCUT2D eigenvalue weighted by Crippen LogP contribution is -2.11. The van der Waals surface area contributed by atoms with Crippen LogP contribution >= 0.6 is 0 Å². The van der Waals surface area contributed by atoms with Crippen LogP contribution in [-0.4, -0.2) is 4.57 Å². The molecule has 0 amide bonds. The summed E-state index contributed by atoms with van der Waals surface area (Å²) in [5.74, 6) is 0. The number of hydrogen-bond acceptors (Lipinski definition) is 1. The van der Waals surface area contributed by atoms with E-state index in [4.69, 9.17) is 0 Å². The summed E-state index contributed by atoms with van der Waals surface area (Å²) >= 11 is 0. The lowest BCUT2D eigenvalue weighted by molar-refractivity contribution is 1.18. The van der Waals surface area contributed by atoms with Crippen molar-refractivity contribution in [2.45, 2.75) is 0 Å². The van der Waals surface area contributed by atoms with E-state index in [9.17, 15) is 0 Å². The minimum Gasteiger partial charge on any atom is -0.310 e. The molecule has 0 atom stereocenters. The van der Waals surface area contributed by atoms with Crippen molar-refractivity contribution in [3.63, 3.8) is 0 Å². The first kappa shape index (κ1) is 37.3. The summed E-state index contributed by atoms with van der Waals surface area (Å²) in [7, 11) is 0. The average Bonchev–Trinajstić information content (AvgIpc) is 3.72. The first-order valence-corrected chi connectivity index (χ1v) is 22.0. The molecule has 0 aliphatic carbocycles. The van der Waals surface area contributed by atoms with Gasteiger partial charge in [0.25, 0.3) is 0 Å². The predicted molar refractivity (Wildman–Crippen MR) is 272 cm³/mol. The standard InChI is InChI=1S/C62H42N2/c1-3-17-43(18-4-1)48-35-38-62(59(41-48)44-19-5-2-6-20-44)63(50-36-33-45(34-37-50)58-42-49-21-7-8-26-53(49)54-27-9-10-28-55(54)58)51-24-15-22-46(39-51)47-23-16-25-52(40-47)64-60-31-13-11-29-56(60)57-30-12-14-32-61(57)64/h1-42H. The van der Waals surface area contributed by atoms with Crippen molar-refractivity contribution in [1.82, 2.24) is 4.57 Å². The summed E-state index contributed by atoms with van der Waals surface area (Å²) in [5.41, 5.74) is 16.2. The van der Waals surface area contributed by atoms with Crippen molar-refractivity contribution < 1.29 is 0 Å². The van der Waals surface area contributed by atoms with E-state index in [1.807, 2.05) is 0 Å². The third-order valence-corrected chi connectivity index (χ3v) is 12.8. The van der Waals surface area contributed by atoms with Gasteiger partial charge in [0.05, 0.1) is 16.7 Å². The number of rotatable bonds is 8. The van der Waals surface area contributed by atoms with Crippen molar-refractivity contribution in [2.75, 3.05) is 4.90 Å². The highest BCUT2D eigenvalue weighted by Gasteiger charge is 2.20. The van der Waals surface area contributed by atoms with Crippen LogP contribution in [0.1, 0.15) is 0 Å². The molecule has 12 rings (SSSR count). The Morgan fingerprint density at radius 2 is 0.781 bits per heavy atom. The molecule has 0 aliphatic heterocycles. The SMILES string of the molecule is c1ccc(-c2ccc(N(c3ccc(-c4cc5ccccc5c5ccccc45)cc3)c3cccc(-c4cccc(-n5c6ccccc6c6ccccc65)c4)c3)c(-c3ccccc3)c2)cc1. The number of hydrogen-bond donors (Lipinski definition) is 0. The normalized spacial score (nSPS) is 11.4. The van der Waals surface area contributed by atoms with Crippen LogP contribution in [0.15, 0.2) is 255 Å². The average molecular weight is 815 g/mol. The lowest BCUT2D eigenvalue weighted by atomic mass is 9.93. The fraction of sp³-hybridized carbons (Fsp3) is 0. The highest BCUT2D eigenvalue weighted by atomic mass is 15.1. The maximum Gasteiger partial charge on any atom is 0.0541 e. The van der Waals surface area contributed by atoms with Crippen molar-refractivity contribution in [2.24, 2.45) is 0 Å². The largest absolute Gasteiger partial charge is 0.310 e. The number of benzene rings is 11. The maximum absolute atomic E-state index is 2.43. The molecule has 11 aromatic carbocycles.